The number of phenols is 1. The van der Waals surface area contributed by atoms with Gasteiger partial charge in [-0.2, -0.15) is 0 Å². The predicted octanol–water partition coefficient (Wildman–Crippen LogP) is 2.32. The Morgan fingerprint density at radius 3 is 2.58 bits per heavy atom. The molecule has 3 heteroatoms. The first kappa shape index (κ1) is 8.84. The van der Waals surface area contributed by atoms with E-state index in [4.69, 9.17) is 9.84 Å². The summed E-state index contributed by atoms with van der Waals surface area (Å²) in [5, 5.41) is 8.88. The van der Waals surface area contributed by atoms with Crippen LogP contribution in [0, 0.1) is 5.82 Å². The minimum absolute atomic E-state index is 0.0657. The molecule has 1 aromatic rings. The van der Waals surface area contributed by atoms with E-state index in [-0.39, 0.29) is 17.6 Å². The van der Waals surface area contributed by atoms with Crippen molar-refractivity contribution in [3.8, 4) is 11.5 Å². The molecular formula is C9H11FO2. The molecule has 0 spiro atoms. The van der Waals surface area contributed by atoms with E-state index in [0.717, 1.165) is 6.07 Å². The normalized spacial score (nSPS) is 10.3. The molecule has 66 valence electrons. The van der Waals surface area contributed by atoms with Gasteiger partial charge in [-0.1, -0.05) is 0 Å². The minimum atomic E-state index is -0.538. The van der Waals surface area contributed by atoms with Crippen molar-refractivity contribution in [3.63, 3.8) is 0 Å². The maximum Gasteiger partial charge on any atom is 0.168 e. The summed E-state index contributed by atoms with van der Waals surface area (Å²) in [6.45, 7) is 3.62. The summed E-state index contributed by atoms with van der Waals surface area (Å²) >= 11 is 0. The van der Waals surface area contributed by atoms with Crippen molar-refractivity contribution in [1.29, 1.82) is 0 Å². The van der Waals surface area contributed by atoms with Crippen LogP contribution in [-0.2, 0) is 0 Å². The Bertz CT molecular complexity index is 271. The molecule has 0 atom stereocenters. The van der Waals surface area contributed by atoms with Gasteiger partial charge in [0.1, 0.15) is 5.75 Å². The van der Waals surface area contributed by atoms with Gasteiger partial charge in [0, 0.05) is 6.07 Å². The zero-order valence-corrected chi connectivity index (χ0v) is 7.04. The lowest BCUT2D eigenvalue weighted by molar-refractivity contribution is 0.230. The highest BCUT2D eigenvalue weighted by Crippen LogP contribution is 2.22. The number of ether oxygens (including phenoxy) is 1. The Balaban J connectivity index is 2.86. The van der Waals surface area contributed by atoms with E-state index in [1.54, 1.807) is 0 Å². The van der Waals surface area contributed by atoms with E-state index >= 15 is 0 Å². The molecule has 1 rings (SSSR count). The summed E-state index contributed by atoms with van der Waals surface area (Å²) in [7, 11) is 0. The third kappa shape index (κ3) is 2.12. The van der Waals surface area contributed by atoms with E-state index < -0.39 is 5.82 Å². The van der Waals surface area contributed by atoms with Gasteiger partial charge in [0.05, 0.1) is 6.10 Å². The van der Waals surface area contributed by atoms with E-state index in [1.165, 1.54) is 12.1 Å². The second-order valence-corrected chi connectivity index (χ2v) is 2.78. The Labute approximate surface area is 70.6 Å². The topological polar surface area (TPSA) is 29.5 Å². The third-order valence-corrected chi connectivity index (χ3v) is 1.28. The molecule has 0 fully saturated rings. The number of phenolic OH excluding ortho intramolecular Hbond substituents is 1. The summed E-state index contributed by atoms with van der Waals surface area (Å²) in [4.78, 5) is 0. The van der Waals surface area contributed by atoms with Gasteiger partial charge in [-0.3, -0.25) is 0 Å². The van der Waals surface area contributed by atoms with Crippen LogP contribution in [0.15, 0.2) is 18.2 Å². The van der Waals surface area contributed by atoms with Gasteiger partial charge in [0.2, 0.25) is 0 Å². The lowest BCUT2D eigenvalue weighted by Crippen LogP contribution is -2.06. The Hall–Kier alpha value is -1.25. The number of rotatable bonds is 2. The Morgan fingerprint density at radius 1 is 1.42 bits per heavy atom. The Kier molecular flexibility index (Phi) is 2.53. The van der Waals surface area contributed by atoms with Crippen LogP contribution in [-0.4, -0.2) is 11.2 Å². The van der Waals surface area contributed by atoms with Gasteiger partial charge in [-0.25, -0.2) is 4.39 Å². The summed E-state index contributed by atoms with van der Waals surface area (Å²) in [5.74, 6) is -0.463. The van der Waals surface area contributed by atoms with Crippen molar-refractivity contribution in [3.05, 3.63) is 24.0 Å². The average Bonchev–Trinajstić information content (AvgIpc) is 1.94. The van der Waals surface area contributed by atoms with Gasteiger partial charge in [0.25, 0.3) is 0 Å². The second kappa shape index (κ2) is 3.43. The minimum Gasteiger partial charge on any atom is -0.508 e. The van der Waals surface area contributed by atoms with Gasteiger partial charge in [-0.15, -0.1) is 0 Å². The number of hydrogen-bond acceptors (Lipinski definition) is 2. The molecule has 0 saturated carbocycles. The van der Waals surface area contributed by atoms with Crippen LogP contribution in [0.2, 0.25) is 0 Å². The van der Waals surface area contributed by atoms with Crippen LogP contribution in [0.1, 0.15) is 13.8 Å². The first-order valence-corrected chi connectivity index (χ1v) is 3.75. The van der Waals surface area contributed by atoms with Crippen LogP contribution in [0.3, 0.4) is 0 Å². The molecule has 0 heterocycles. The van der Waals surface area contributed by atoms with Gasteiger partial charge in [-0.05, 0) is 26.0 Å². The van der Waals surface area contributed by atoms with E-state index in [0.29, 0.717) is 0 Å². The summed E-state index contributed by atoms with van der Waals surface area (Å²) in [6.07, 6.45) is -0.0657. The monoisotopic (exact) mass is 170 g/mol. The first-order chi connectivity index (χ1) is 5.59. The van der Waals surface area contributed by atoms with Crippen molar-refractivity contribution in [2.24, 2.45) is 0 Å². The van der Waals surface area contributed by atoms with Crippen LogP contribution in [0.4, 0.5) is 4.39 Å². The highest BCUT2D eigenvalue weighted by molar-refractivity contribution is 5.32. The van der Waals surface area contributed by atoms with Crippen LogP contribution < -0.4 is 4.74 Å². The van der Waals surface area contributed by atoms with Gasteiger partial charge in [0.15, 0.2) is 11.6 Å². The predicted molar refractivity (Wildman–Crippen MR) is 43.8 cm³/mol. The fourth-order valence-electron chi connectivity index (χ4n) is 0.839. The molecule has 0 amide bonds. The summed E-state index contributed by atoms with van der Waals surface area (Å²) in [6, 6.07) is 3.82. The van der Waals surface area contributed by atoms with Gasteiger partial charge >= 0.3 is 0 Å². The molecule has 0 aliphatic carbocycles. The molecule has 0 saturated heterocycles. The molecule has 0 aliphatic rings. The van der Waals surface area contributed by atoms with Crippen LogP contribution >= 0.6 is 0 Å². The number of halogens is 1. The van der Waals surface area contributed by atoms with E-state index in [9.17, 15) is 4.39 Å². The zero-order valence-electron chi connectivity index (χ0n) is 7.04. The highest BCUT2D eigenvalue weighted by atomic mass is 19.1. The van der Waals surface area contributed by atoms with Crippen LogP contribution in [0.5, 0.6) is 11.5 Å². The molecular weight excluding hydrogens is 159 g/mol. The molecule has 0 bridgehead atoms. The first-order valence-electron chi connectivity index (χ1n) is 3.75. The quantitative estimate of drug-likeness (QED) is 0.738. The summed E-state index contributed by atoms with van der Waals surface area (Å²) < 4.78 is 18.0. The number of aromatic hydroxyl groups is 1. The molecule has 2 nitrogen and oxygen atoms in total. The van der Waals surface area contributed by atoms with Crippen molar-refractivity contribution in [2.45, 2.75) is 20.0 Å². The molecule has 1 N–H and O–H groups in total. The average molecular weight is 170 g/mol. The lowest BCUT2D eigenvalue weighted by Gasteiger charge is -2.09. The smallest absolute Gasteiger partial charge is 0.168 e. The van der Waals surface area contributed by atoms with Crippen molar-refractivity contribution >= 4 is 0 Å². The molecule has 0 radical (unpaired) electrons. The Morgan fingerprint density at radius 2 is 2.08 bits per heavy atom. The zero-order chi connectivity index (χ0) is 9.14. The molecule has 0 aliphatic heterocycles. The fourth-order valence-corrected chi connectivity index (χ4v) is 0.839. The molecule has 0 unspecified atom stereocenters. The van der Waals surface area contributed by atoms with E-state index in [1.807, 2.05) is 13.8 Å². The number of hydrogen-bond donors (Lipinski definition) is 1. The van der Waals surface area contributed by atoms with Crippen molar-refractivity contribution < 1.29 is 14.2 Å². The maximum absolute atomic E-state index is 12.9. The number of benzene rings is 1. The molecule has 1 aromatic carbocycles. The third-order valence-electron chi connectivity index (χ3n) is 1.28. The SMILES string of the molecule is CC(C)Oc1ccc(O)cc1F. The van der Waals surface area contributed by atoms with Crippen LogP contribution in [0.25, 0.3) is 0 Å². The fraction of sp³-hybridized carbons (Fsp3) is 0.333. The largest absolute Gasteiger partial charge is 0.508 e. The second-order valence-electron chi connectivity index (χ2n) is 2.78. The lowest BCUT2D eigenvalue weighted by atomic mass is 10.3. The molecule has 12 heavy (non-hydrogen) atoms. The summed E-state index contributed by atoms with van der Waals surface area (Å²) in [5.41, 5.74) is 0. The molecule has 0 aromatic heterocycles. The standard InChI is InChI=1S/C9H11FO2/c1-6(2)12-9-4-3-7(11)5-8(9)10/h3-6,11H,1-2H3. The highest BCUT2D eigenvalue weighted by Gasteiger charge is 2.05. The van der Waals surface area contributed by atoms with Crippen molar-refractivity contribution in [2.75, 3.05) is 0 Å². The van der Waals surface area contributed by atoms with Crippen molar-refractivity contribution in [1.82, 2.24) is 0 Å². The van der Waals surface area contributed by atoms with Gasteiger partial charge < -0.3 is 9.84 Å². The van der Waals surface area contributed by atoms with E-state index in [2.05, 4.69) is 0 Å². The maximum atomic E-state index is 12.9.